The van der Waals surface area contributed by atoms with Gasteiger partial charge in [-0.05, 0) is 37.1 Å². The molecule has 1 aromatic rings. The van der Waals surface area contributed by atoms with Gasteiger partial charge in [-0.1, -0.05) is 0 Å². The van der Waals surface area contributed by atoms with Crippen LogP contribution in [0.1, 0.15) is 21.5 Å². The maximum Gasteiger partial charge on any atom is 0.377 e. The topological polar surface area (TPSA) is 74.6 Å². The lowest BCUT2D eigenvalue weighted by Crippen LogP contribution is -2.12. The van der Waals surface area contributed by atoms with Crippen LogP contribution in [0.25, 0.3) is 0 Å². The largest absolute Gasteiger partial charge is 0.508 e. The molecule has 0 aliphatic rings. The second-order valence-electron chi connectivity index (χ2n) is 3.07. The third kappa shape index (κ3) is 1.74. The van der Waals surface area contributed by atoms with Gasteiger partial charge >= 0.3 is 5.97 Å². The van der Waals surface area contributed by atoms with Crippen molar-refractivity contribution in [3.8, 4) is 5.75 Å². The number of aryl methyl sites for hydroxylation is 1. The van der Waals surface area contributed by atoms with E-state index in [9.17, 15) is 14.7 Å². The number of phenols is 1. The molecule has 1 aromatic carbocycles. The molecule has 0 aliphatic carbocycles. The predicted octanol–water partition coefficient (Wildman–Crippen LogP) is 1.28. The van der Waals surface area contributed by atoms with Gasteiger partial charge in [-0.3, -0.25) is 4.79 Å². The van der Waals surface area contributed by atoms with E-state index in [1.54, 1.807) is 13.8 Å². The monoisotopic (exact) mass is 194 g/mol. The number of hydrogen-bond acceptors (Lipinski definition) is 3. The Morgan fingerprint density at radius 3 is 2.21 bits per heavy atom. The molecular weight excluding hydrogens is 184 g/mol. The molecular formula is C10H10O4. The van der Waals surface area contributed by atoms with Gasteiger partial charge in [-0.25, -0.2) is 4.79 Å². The Bertz CT molecular complexity index is 384. The van der Waals surface area contributed by atoms with Gasteiger partial charge in [-0.15, -0.1) is 0 Å². The molecule has 4 nitrogen and oxygen atoms in total. The molecule has 4 heteroatoms. The van der Waals surface area contributed by atoms with Gasteiger partial charge in [0.05, 0.1) is 0 Å². The minimum atomic E-state index is -1.52. The lowest BCUT2D eigenvalue weighted by molar-refractivity contribution is -0.131. The molecule has 0 unspecified atom stereocenters. The van der Waals surface area contributed by atoms with Gasteiger partial charge in [0, 0.05) is 5.56 Å². The van der Waals surface area contributed by atoms with E-state index in [1.807, 2.05) is 0 Å². The fourth-order valence-electron chi connectivity index (χ4n) is 1.10. The minimum absolute atomic E-state index is 0.00176. The van der Waals surface area contributed by atoms with Crippen molar-refractivity contribution >= 4 is 11.8 Å². The minimum Gasteiger partial charge on any atom is -0.508 e. The van der Waals surface area contributed by atoms with Crippen LogP contribution in [0.5, 0.6) is 5.75 Å². The predicted molar refractivity (Wildman–Crippen MR) is 49.5 cm³/mol. The molecule has 14 heavy (non-hydrogen) atoms. The zero-order chi connectivity index (χ0) is 10.9. The molecule has 0 atom stereocenters. The lowest BCUT2D eigenvalue weighted by atomic mass is 10.0. The highest BCUT2D eigenvalue weighted by Crippen LogP contribution is 2.22. The highest BCUT2D eigenvalue weighted by atomic mass is 16.4. The second kappa shape index (κ2) is 3.49. The number of carbonyl (C=O) groups is 2. The fourth-order valence-corrected chi connectivity index (χ4v) is 1.10. The van der Waals surface area contributed by atoms with E-state index in [-0.39, 0.29) is 11.3 Å². The third-order valence-electron chi connectivity index (χ3n) is 2.10. The van der Waals surface area contributed by atoms with E-state index in [1.165, 1.54) is 12.1 Å². The number of hydrogen-bond donors (Lipinski definition) is 2. The number of aliphatic carboxylic acids is 1. The molecule has 2 N–H and O–H groups in total. The molecule has 0 radical (unpaired) electrons. The number of carboxylic acid groups (broad SMARTS) is 1. The van der Waals surface area contributed by atoms with Crippen LogP contribution in [0.15, 0.2) is 12.1 Å². The first kappa shape index (κ1) is 10.2. The van der Waals surface area contributed by atoms with Gasteiger partial charge in [0.25, 0.3) is 5.78 Å². The Morgan fingerprint density at radius 2 is 1.79 bits per heavy atom. The molecule has 0 aromatic heterocycles. The summed E-state index contributed by atoms with van der Waals surface area (Å²) < 4.78 is 0. The smallest absolute Gasteiger partial charge is 0.377 e. The van der Waals surface area contributed by atoms with E-state index in [2.05, 4.69) is 0 Å². The van der Waals surface area contributed by atoms with Crippen LogP contribution in [-0.2, 0) is 4.79 Å². The maximum absolute atomic E-state index is 11.0. The van der Waals surface area contributed by atoms with Crippen LogP contribution in [0.3, 0.4) is 0 Å². The summed E-state index contributed by atoms with van der Waals surface area (Å²) in [6.45, 7) is 3.40. The first-order valence-electron chi connectivity index (χ1n) is 4.01. The number of carboxylic acids is 1. The summed E-state index contributed by atoms with van der Waals surface area (Å²) in [5.74, 6) is -2.59. The highest BCUT2D eigenvalue weighted by molar-refractivity contribution is 6.39. The van der Waals surface area contributed by atoms with Crippen molar-refractivity contribution in [2.24, 2.45) is 0 Å². The number of Topliss-reactive ketones (excluding diaryl/α,β-unsaturated/α-hetero) is 1. The number of ketones is 1. The summed E-state index contributed by atoms with van der Waals surface area (Å²) >= 11 is 0. The Morgan fingerprint density at radius 1 is 1.21 bits per heavy atom. The van der Waals surface area contributed by atoms with Crippen molar-refractivity contribution in [1.29, 1.82) is 0 Å². The number of carbonyl (C=O) groups excluding carboxylic acids is 1. The normalized spacial score (nSPS) is 9.86. The summed E-state index contributed by atoms with van der Waals surface area (Å²) in [6, 6.07) is 2.62. The number of rotatable bonds is 2. The Labute approximate surface area is 80.8 Å². The van der Waals surface area contributed by atoms with Crippen molar-refractivity contribution in [2.45, 2.75) is 13.8 Å². The SMILES string of the molecule is Cc1cc(C(=O)C(=O)O)cc(O)c1C. The van der Waals surface area contributed by atoms with E-state index >= 15 is 0 Å². The van der Waals surface area contributed by atoms with E-state index in [0.29, 0.717) is 11.1 Å². The zero-order valence-electron chi connectivity index (χ0n) is 7.87. The second-order valence-corrected chi connectivity index (χ2v) is 3.07. The molecule has 1 rings (SSSR count). The van der Waals surface area contributed by atoms with Crippen molar-refractivity contribution < 1.29 is 19.8 Å². The highest BCUT2D eigenvalue weighted by Gasteiger charge is 2.16. The molecule has 74 valence electrons. The van der Waals surface area contributed by atoms with Crippen LogP contribution in [0, 0.1) is 13.8 Å². The van der Waals surface area contributed by atoms with Gasteiger partial charge in [0.15, 0.2) is 0 Å². The number of aromatic hydroxyl groups is 1. The summed E-state index contributed by atoms with van der Waals surface area (Å²) in [4.78, 5) is 21.4. The third-order valence-corrected chi connectivity index (χ3v) is 2.10. The van der Waals surface area contributed by atoms with E-state index in [0.717, 1.165) is 0 Å². The van der Waals surface area contributed by atoms with Gasteiger partial charge in [-0.2, -0.15) is 0 Å². The molecule has 0 spiro atoms. The molecule has 0 amide bonds. The first-order chi connectivity index (χ1) is 6.43. The summed E-state index contributed by atoms with van der Waals surface area (Å²) in [6.07, 6.45) is 0. The maximum atomic E-state index is 11.0. The van der Waals surface area contributed by atoms with E-state index < -0.39 is 11.8 Å². The average Bonchev–Trinajstić information content (AvgIpc) is 2.12. The summed E-state index contributed by atoms with van der Waals surface area (Å²) in [5.41, 5.74) is 1.33. The van der Waals surface area contributed by atoms with Crippen molar-refractivity contribution in [2.75, 3.05) is 0 Å². The van der Waals surface area contributed by atoms with Crippen molar-refractivity contribution in [3.63, 3.8) is 0 Å². The lowest BCUT2D eigenvalue weighted by Gasteiger charge is -2.05. The number of benzene rings is 1. The summed E-state index contributed by atoms with van der Waals surface area (Å²) in [5, 5.41) is 17.8. The molecule has 0 fully saturated rings. The standard InChI is InChI=1S/C10H10O4/c1-5-3-7(9(12)10(13)14)4-8(11)6(5)2/h3-4,11H,1-2H3,(H,13,14). The van der Waals surface area contributed by atoms with Crippen molar-refractivity contribution in [3.05, 3.63) is 28.8 Å². The zero-order valence-corrected chi connectivity index (χ0v) is 7.87. The molecule has 0 heterocycles. The first-order valence-corrected chi connectivity index (χ1v) is 4.01. The van der Waals surface area contributed by atoms with Crippen LogP contribution in [0.4, 0.5) is 0 Å². The van der Waals surface area contributed by atoms with Gasteiger partial charge in [0.2, 0.25) is 0 Å². The quantitative estimate of drug-likeness (QED) is 0.549. The van der Waals surface area contributed by atoms with Crippen LogP contribution in [0.2, 0.25) is 0 Å². The molecule has 0 bridgehead atoms. The summed E-state index contributed by atoms with van der Waals surface area (Å²) in [7, 11) is 0. The fraction of sp³-hybridized carbons (Fsp3) is 0.200. The molecule has 0 aliphatic heterocycles. The Kier molecular flexibility index (Phi) is 2.56. The van der Waals surface area contributed by atoms with Gasteiger partial charge < -0.3 is 10.2 Å². The van der Waals surface area contributed by atoms with E-state index in [4.69, 9.17) is 5.11 Å². The average molecular weight is 194 g/mol. The van der Waals surface area contributed by atoms with Crippen LogP contribution < -0.4 is 0 Å². The van der Waals surface area contributed by atoms with Crippen LogP contribution >= 0.6 is 0 Å². The molecule has 0 saturated heterocycles. The molecule has 0 saturated carbocycles. The Balaban J connectivity index is 3.26. The van der Waals surface area contributed by atoms with Crippen LogP contribution in [-0.4, -0.2) is 22.0 Å². The van der Waals surface area contributed by atoms with Gasteiger partial charge in [0.1, 0.15) is 5.75 Å². The number of phenolic OH excluding ortho intramolecular Hbond substituents is 1. The van der Waals surface area contributed by atoms with Crippen molar-refractivity contribution in [1.82, 2.24) is 0 Å². The Hall–Kier alpha value is -1.84.